The molecule has 1 saturated heterocycles. The predicted molar refractivity (Wildman–Crippen MR) is 98.4 cm³/mol. The normalized spacial score (nSPS) is 16.6. The van der Waals surface area contributed by atoms with Crippen LogP contribution in [0.2, 0.25) is 0 Å². The molecular formula is C20H19F3N2O4. The van der Waals surface area contributed by atoms with Crippen molar-refractivity contribution in [3.63, 3.8) is 0 Å². The first-order valence-corrected chi connectivity index (χ1v) is 8.82. The van der Waals surface area contributed by atoms with E-state index in [4.69, 9.17) is 4.74 Å². The number of hydrogen-bond donors (Lipinski definition) is 1. The average Bonchev–Trinajstić information content (AvgIpc) is 3.08. The standard InChI is InChI=1S/C20H19F3N2O4/c1-28-17-4-2-3-15(10-17)25-12-14(9-18(25)26)19(27)24-11-13-5-7-16(8-6-13)29-20(21,22)23/h2-8,10,14H,9,11-12H2,1H3,(H,24,27). The fourth-order valence-electron chi connectivity index (χ4n) is 3.05. The first kappa shape index (κ1) is 20.5. The van der Waals surface area contributed by atoms with Gasteiger partial charge in [-0.15, -0.1) is 13.2 Å². The van der Waals surface area contributed by atoms with Gasteiger partial charge in [-0.2, -0.15) is 0 Å². The second kappa shape index (κ2) is 8.42. The lowest BCUT2D eigenvalue weighted by molar-refractivity contribution is -0.274. The molecule has 0 aromatic heterocycles. The van der Waals surface area contributed by atoms with E-state index < -0.39 is 12.3 Å². The van der Waals surface area contributed by atoms with E-state index in [9.17, 15) is 22.8 Å². The molecular weight excluding hydrogens is 389 g/mol. The highest BCUT2D eigenvalue weighted by Crippen LogP contribution is 2.28. The Morgan fingerprint density at radius 1 is 1.17 bits per heavy atom. The molecule has 1 fully saturated rings. The smallest absolute Gasteiger partial charge is 0.497 e. The van der Waals surface area contributed by atoms with Gasteiger partial charge in [0.15, 0.2) is 0 Å². The van der Waals surface area contributed by atoms with Crippen LogP contribution in [0, 0.1) is 5.92 Å². The third-order valence-corrected chi connectivity index (χ3v) is 4.48. The number of nitrogens with zero attached hydrogens (tertiary/aromatic N) is 1. The zero-order valence-electron chi connectivity index (χ0n) is 15.5. The summed E-state index contributed by atoms with van der Waals surface area (Å²) in [6.45, 7) is 0.380. The lowest BCUT2D eigenvalue weighted by Gasteiger charge is -2.17. The van der Waals surface area contributed by atoms with Crippen LogP contribution in [-0.2, 0) is 16.1 Å². The molecule has 2 aromatic rings. The van der Waals surface area contributed by atoms with Crippen LogP contribution >= 0.6 is 0 Å². The third kappa shape index (κ3) is 5.40. The molecule has 1 aliphatic rings. The van der Waals surface area contributed by atoms with Gasteiger partial charge >= 0.3 is 6.36 Å². The number of carbonyl (C=O) groups excluding carboxylic acids is 2. The number of ether oxygens (including phenoxy) is 2. The van der Waals surface area contributed by atoms with E-state index in [0.29, 0.717) is 17.0 Å². The van der Waals surface area contributed by atoms with Crippen LogP contribution in [0.15, 0.2) is 48.5 Å². The topological polar surface area (TPSA) is 67.9 Å². The SMILES string of the molecule is COc1cccc(N2CC(C(=O)NCc3ccc(OC(F)(F)F)cc3)CC2=O)c1. The van der Waals surface area contributed by atoms with Crippen molar-refractivity contribution in [3.05, 3.63) is 54.1 Å². The maximum absolute atomic E-state index is 12.4. The summed E-state index contributed by atoms with van der Waals surface area (Å²) in [5.74, 6) is -0.683. The number of halogens is 3. The number of rotatable bonds is 6. The van der Waals surface area contributed by atoms with Gasteiger partial charge in [0.25, 0.3) is 0 Å². The number of carbonyl (C=O) groups is 2. The largest absolute Gasteiger partial charge is 0.573 e. The highest BCUT2D eigenvalue weighted by atomic mass is 19.4. The molecule has 154 valence electrons. The fourth-order valence-corrected chi connectivity index (χ4v) is 3.05. The lowest BCUT2D eigenvalue weighted by Crippen LogP contribution is -2.32. The number of amides is 2. The van der Waals surface area contributed by atoms with E-state index in [-0.39, 0.29) is 37.1 Å². The maximum atomic E-state index is 12.4. The second-order valence-corrected chi connectivity index (χ2v) is 6.52. The van der Waals surface area contributed by atoms with Crippen LogP contribution in [0.5, 0.6) is 11.5 Å². The molecule has 3 rings (SSSR count). The minimum atomic E-state index is -4.75. The van der Waals surface area contributed by atoms with E-state index in [0.717, 1.165) is 0 Å². The summed E-state index contributed by atoms with van der Waals surface area (Å²) in [5.41, 5.74) is 1.27. The zero-order valence-corrected chi connectivity index (χ0v) is 15.5. The van der Waals surface area contributed by atoms with Gasteiger partial charge in [-0.1, -0.05) is 18.2 Å². The summed E-state index contributed by atoms with van der Waals surface area (Å²) in [7, 11) is 1.53. The summed E-state index contributed by atoms with van der Waals surface area (Å²) < 4.78 is 45.5. The highest BCUT2D eigenvalue weighted by Gasteiger charge is 2.35. The van der Waals surface area contributed by atoms with Gasteiger partial charge in [0.2, 0.25) is 11.8 Å². The summed E-state index contributed by atoms with van der Waals surface area (Å²) in [6.07, 6.45) is -4.67. The minimum Gasteiger partial charge on any atom is -0.497 e. The first-order chi connectivity index (χ1) is 13.7. The van der Waals surface area contributed by atoms with Crippen molar-refractivity contribution in [3.8, 4) is 11.5 Å². The van der Waals surface area contributed by atoms with Crippen LogP contribution in [0.1, 0.15) is 12.0 Å². The van der Waals surface area contributed by atoms with E-state index >= 15 is 0 Å². The van der Waals surface area contributed by atoms with Gasteiger partial charge in [0, 0.05) is 31.3 Å². The number of alkyl halides is 3. The summed E-state index contributed by atoms with van der Waals surface area (Å²) in [4.78, 5) is 26.3. The number of methoxy groups -OCH3 is 1. The molecule has 6 nitrogen and oxygen atoms in total. The van der Waals surface area contributed by atoms with Crippen LogP contribution in [0.4, 0.5) is 18.9 Å². The molecule has 2 amide bonds. The Hall–Kier alpha value is -3.23. The van der Waals surface area contributed by atoms with E-state index in [2.05, 4.69) is 10.1 Å². The van der Waals surface area contributed by atoms with Crippen molar-refractivity contribution in [2.45, 2.75) is 19.3 Å². The fraction of sp³-hybridized carbons (Fsp3) is 0.300. The van der Waals surface area contributed by atoms with E-state index in [1.54, 1.807) is 24.3 Å². The summed E-state index contributed by atoms with van der Waals surface area (Å²) in [5, 5.41) is 2.72. The first-order valence-electron chi connectivity index (χ1n) is 8.82. The van der Waals surface area contributed by atoms with Gasteiger partial charge in [-0.3, -0.25) is 9.59 Å². The molecule has 0 spiro atoms. The Balaban J connectivity index is 1.55. The molecule has 1 unspecified atom stereocenters. The molecule has 9 heteroatoms. The van der Waals surface area contributed by atoms with Crippen molar-refractivity contribution in [2.24, 2.45) is 5.92 Å². The number of hydrogen-bond acceptors (Lipinski definition) is 4. The van der Waals surface area contributed by atoms with Crippen LogP contribution in [0.3, 0.4) is 0 Å². The Morgan fingerprint density at radius 3 is 2.55 bits per heavy atom. The number of anilines is 1. The molecule has 1 heterocycles. The molecule has 0 saturated carbocycles. The van der Waals surface area contributed by atoms with Gasteiger partial charge in [-0.05, 0) is 29.8 Å². The quantitative estimate of drug-likeness (QED) is 0.797. The molecule has 2 aromatic carbocycles. The molecule has 1 atom stereocenters. The van der Waals surface area contributed by atoms with Gasteiger partial charge in [0.05, 0.1) is 13.0 Å². The van der Waals surface area contributed by atoms with Gasteiger partial charge in [-0.25, -0.2) is 0 Å². The van der Waals surface area contributed by atoms with Crippen molar-refractivity contribution >= 4 is 17.5 Å². The Morgan fingerprint density at radius 2 is 1.90 bits per heavy atom. The lowest BCUT2D eigenvalue weighted by atomic mass is 10.1. The molecule has 1 aliphatic heterocycles. The van der Waals surface area contributed by atoms with Crippen molar-refractivity contribution < 1.29 is 32.2 Å². The van der Waals surface area contributed by atoms with E-state index in [1.807, 2.05) is 0 Å². The Bertz CT molecular complexity index is 884. The third-order valence-electron chi connectivity index (χ3n) is 4.48. The van der Waals surface area contributed by atoms with Crippen LogP contribution in [0.25, 0.3) is 0 Å². The summed E-state index contributed by atoms with van der Waals surface area (Å²) in [6, 6.07) is 12.2. The van der Waals surface area contributed by atoms with Gasteiger partial charge in [0.1, 0.15) is 11.5 Å². The monoisotopic (exact) mass is 408 g/mol. The number of benzene rings is 2. The maximum Gasteiger partial charge on any atom is 0.573 e. The van der Waals surface area contributed by atoms with Crippen molar-refractivity contribution in [1.82, 2.24) is 5.32 Å². The molecule has 0 radical (unpaired) electrons. The summed E-state index contributed by atoms with van der Waals surface area (Å²) >= 11 is 0. The zero-order chi connectivity index (χ0) is 21.0. The Labute approximate surface area is 165 Å². The predicted octanol–water partition coefficient (Wildman–Crippen LogP) is 3.26. The van der Waals surface area contributed by atoms with Crippen LogP contribution < -0.4 is 19.7 Å². The molecule has 1 N–H and O–H groups in total. The minimum absolute atomic E-state index is 0.0847. The van der Waals surface area contributed by atoms with Crippen molar-refractivity contribution in [1.29, 1.82) is 0 Å². The Kier molecular flexibility index (Phi) is 5.95. The van der Waals surface area contributed by atoms with Crippen LogP contribution in [-0.4, -0.2) is 31.8 Å². The average molecular weight is 408 g/mol. The molecule has 0 aliphatic carbocycles. The van der Waals surface area contributed by atoms with Crippen molar-refractivity contribution in [2.75, 3.05) is 18.6 Å². The molecule has 29 heavy (non-hydrogen) atoms. The van der Waals surface area contributed by atoms with Gasteiger partial charge < -0.3 is 19.7 Å². The number of nitrogens with one attached hydrogen (secondary N) is 1. The molecule has 0 bridgehead atoms. The second-order valence-electron chi connectivity index (χ2n) is 6.52. The highest BCUT2D eigenvalue weighted by molar-refractivity contribution is 6.00. The van der Waals surface area contributed by atoms with E-state index in [1.165, 1.54) is 36.3 Å².